The van der Waals surface area contributed by atoms with Gasteiger partial charge in [0.05, 0.1) is 4.47 Å². The monoisotopic (exact) mass is 480 g/mol. The minimum atomic E-state index is -2.00. The molecule has 0 saturated heterocycles. The maximum atomic E-state index is 14.4. The number of hydrogen-bond donors (Lipinski definition) is 1. The number of hydrogen-bond acceptors (Lipinski definition) is 3. The number of allylic oxidation sites excluding steroid dienone is 5. The van der Waals surface area contributed by atoms with E-state index < -0.39 is 23.6 Å². The van der Waals surface area contributed by atoms with E-state index >= 15 is 0 Å². The average Bonchev–Trinajstić information content (AvgIpc) is 2.67. The standard InChI is InChI=1S/C23H23BrF2O4/c1-3-29-21(22(27)28)14-17-6-7-20(19(24)13-17)30-12-9-16(2)8-11-23(26)10-4-5-18(25)15-23/h4-7,9-10,13,21H,3,12,14-15H2,1-2H3,(H,27,28)/b16-9+/t21-,23?/m0/s1. The van der Waals surface area contributed by atoms with Gasteiger partial charge < -0.3 is 14.6 Å². The van der Waals surface area contributed by atoms with Gasteiger partial charge in [-0.3, -0.25) is 0 Å². The minimum absolute atomic E-state index is 0.207. The molecule has 2 rings (SSSR count). The van der Waals surface area contributed by atoms with Crippen molar-refractivity contribution in [1.29, 1.82) is 0 Å². The van der Waals surface area contributed by atoms with Crippen molar-refractivity contribution in [1.82, 2.24) is 0 Å². The first-order valence-corrected chi connectivity index (χ1v) is 10.2. The Hall–Kier alpha value is -2.43. The van der Waals surface area contributed by atoms with Gasteiger partial charge in [0.1, 0.15) is 18.2 Å². The first-order valence-electron chi connectivity index (χ1n) is 9.41. The van der Waals surface area contributed by atoms with E-state index in [0.29, 0.717) is 22.4 Å². The summed E-state index contributed by atoms with van der Waals surface area (Å²) in [6.07, 6.45) is 4.44. The van der Waals surface area contributed by atoms with Gasteiger partial charge in [-0.25, -0.2) is 13.6 Å². The van der Waals surface area contributed by atoms with Crippen LogP contribution in [0.2, 0.25) is 0 Å². The number of rotatable bonds is 8. The van der Waals surface area contributed by atoms with Crippen LogP contribution in [-0.4, -0.2) is 36.1 Å². The summed E-state index contributed by atoms with van der Waals surface area (Å²) in [7, 11) is 0. The minimum Gasteiger partial charge on any atom is -0.488 e. The van der Waals surface area contributed by atoms with Crippen LogP contribution in [0, 0.1) is 11.8 Å². The number of carbonyl (C=O) groups is 1. The van der Waals surface area contributed by atoms with Crippen LogP contribution in [-0.2, 0) is 16.0 Å². The van der Waals surface area contributed by atoms with Crippen LogP contribution in [0.4, 0.5) is 8.78 Å². The molecule has 160 valence electrons. The topological polar surface area (TPSA) is 55.8 Å². The fourth-order valence-corrected chi connectivity index (χ4v) is 3.23. The predicted octanol–water partition coefficient (Wildman–Crippen LogP) is 5.33. The third-order valence-corrected chi connectivity index (χ3v) is 4.84. The summed E-state index contributed by atoms with van der Waals surface area (Å²) in [6, 6.07) is 5.29. The molecule has 1 aromatic carbocycles. The molecular weight excluding hydrogens is 458 g/mol. The molecule has 2 atom stereocenters. The van der Waals surface area contributed by atoms with E-state index in [2.05, 4.69) is 27.8 Å². The Labute approximate surface area is 183 Å². The van der Waals surface area contributed by atoms with E-state index in [1.54, 1.807) is 38.1 Å². The lowest BCUT2D eigenvalue weighted by molar-refractivity contribution is -0.149. The first kappa shape index (κ1) is 23.8. The zero-order valence-electron chi connectivity index (χ0n) is 16.8. The van der Waals surface area contributed by atoms with Gasteiger partial charge in [-0.1, -0.05) is 24.0 Å². The summed E-state index contributed by atoms with van der Waals surface area (Å²) in [4.78, 5) is 11.2. The van der Waals surface area contributed by atoms with E-state index in [0.717, 1.165) is 5.56 Å². The molecule has 0 saturated carbocycles. The molecule has 1 aliphatic carbocycles. The smallest absolute Gasteiger partial charge is 0.333 e. The Morgan fingerprint density at radius 3 is 2.87 bits per heavy atom. The van der Waals surface area contributed by atoms with Crippen molar-refractivity contribution in [2.75, 3.05) is 13.2 Å². The molecule has 0 amide bonds. The third kappa shape index (κ3) is 7.43. The Bertz CT molecular complexity index is 927. The van der Waals surface area contributed by atoms with Gasteiger partial charge in [0.2, 0.25) is 0 Å². The average molecular weight is 481 g/mol. The van der Waals surface area contributed by atoms with Gasteiger partial charge >= 0.3 is 5.97 Å². The summed E-state index contributed by atoms with van der Waals surface area (Å²) in [5.41, 5.74) is -0.602. The second-order valence-electron chi connectivity index (χ2n) is 6.71. The Balaban J connectivity index is 1.95. The van der Waals surface area contributed by atoms with Gasteiger partial charge in [-0.2, -0.15) is 0 Å². The molecule has 1 aliphatic rings. The molecule has 0 spiro atoms. The van der Waals surface area contributed by atoms with E-state index in [1.807, 2.05) is 0 Å². The van der Waals surface area contributed by atoms with Crippen molar-refractivity contribution in [3.05, 3.63) is 63.9 Å². The van der Waals surface area contributed by atoms with Crippen molar-refractivity contribution in [3.63, 3.8) is 0 Å². The molecule has 1 unspecified atom stereocenters. The lowest BCUT2D eigenvalue weighted by atomic mass is 9.97. The highest BCUT2D eigenvalue weighted by molar-refractivity contribution is 9.10. The molecule has 1 aromatic rings. The van der Waals surface area contributed by atoms with Gasteiger partial charge in [-0.15, -0.1) is 0 Å². The highest BCUT2D eigenvalue weighted by Crippen LogP contribution is 2.28. The predicted molar refractivity (Wildman–Crippen MR) is 115 cm³/mol. The molecule has 0 fully saturated rings. The summed E-state index contributed by atoms with van der Waals surface area (Å²) >= 11 is 3.42. The van der Waals surface area contributed by atoms with Crippen LogP contribution in [0.5, 0.6) is 5.75 Å². The van der Waals surface area contributed by atoms with E-state index in [-0.39, 0.29) is 19.4 Å². The summed E-state index contributed by atoms with van der Waals surface area (Å²) in [6.45, 7) is 3.99. The van der Waals surface area contributed by atoms with Crippen molar-refractivity contribution in [2.24, 2.45) is 0 Å². The molecule has 0 bridgehead atoms. The van der Waals surface area contributed by atoms with Gasteiger partial charge in [0.25, 0.3) is 0 Å². The highest BCUT2D eigenvalue weighted by Gasteiger charge is 2.27. The van der Waals surface area contributed by atoms with Crippen molar-refractivity contribution >= 4 is 21.9 Å². The number of ether oxygens (including phenoxy) is 2. The van der Waals surface area contributed by atoms with E-state index in [1.165, 1.54) is 18.2 Å². The maximum Gasteiger partial charge on any atom is 0.333 e. The largest absolute Gasteiger partial charge is 0.488 e. The van der Waals surface area contributed by atoms with Crippen LogP contribution < -0.4 is 4.74 Å². The van der Waals surface area contributed by atoms with Crippen molar-refractivity contribution in [2.45, 2.75) is 38.5 Å². The lowest BCUT2D eigenvalue weighted by Gasteiger charge is -2.16. The van der Waals surface area contributed by atoms with Gasteiger partial charge in [0.15, 0.2) is 11.8 Å². The fourth-order valence-electron chi connectivity index (χ4n) is 2.69. The Kier molecular flexibility index (Phi) is 8.82. The summed E-state index contributed by atoms with van der Waals surface area (Å²) in [5.74, 6) is 4.18. The number of carboxylic acids is 1. The molecule has 0 radical (unpaired) electrons. The third-order valence-electron chi connectivity index (χ3n) is 4.22. The highest BCUT2D eigenvalue weighted by atomic mass is 79.9. The zero-order valence-corrected chi connectivity index (χ0v) is 18.3. The second-order valence-corrected chi connectivity index (χ2v) is 7.57. The maximum absolute atomic E-state index is 14.4. The van der Waals surface area contributed by atoms with Crippen LogP contribution in [0.25, 0.3) is 0 Å². The molecule has 0 aliphatic heterocycles. The Morgan fingerprint density at radius 2 is 2.23 bits per heavy atom. The number of aliphatic carboxylic acids is 1. The number of halogens is 3. The van der Waals surface area contributed by atoms with Crippen LogP contribution >= 0.6 is 15.9 Å². The van der Waals surface area contributed by atoms with Gasteiger partial charge in [0, 0.05) is 19.4 Å². The van der Waals surface area contributed by atoms with Crippen molar-refractivity contribution < 1.29 is 28.2 Å². The zero-order chi connectivity index (χ0) is 22.1. The normalized spacial score (nSPS) is 19.5. The van der Waals surface area contributed by atoms with Crippen LogP contribution in [0.15, 0.2) is 58.4 Å². The van der Waals surface area contributed by atoms with Crippen molar-refractivity contribution in [3.8, 4) is 17.6 Å². The molecule has 4 nitrogen and oxygen atoms in total. The summed E-state index contributed by atoms with van der Waals surface area (Å²) in [5, 5.41) is 9.19. The fraction of sp³-hybridized carbons (Fsp3) is 0.348. The molecule has 0 aromatic heterocycles. The lowest BCUT2D eigenvalue weighted by Crippen LogP contribution is -2.26. The van der Waals surface area contributed by atoms with Gasteiger partial charge in [-0.05, 0) is 71.3 Å². The first-order chi connectivity index (χ1) is 14.2. The summed E-state index contributed by atoms with van der Waals surface area (Å²) < 4.78 is 39.2. The molecule has 7 heteroatoms. The number of carboxylic acid groups (broad SMARTS) is 1. The second kappa shape index (κ2) is 11.1. The molecule has 30 heavy (non-hydrogen) atoms. The van der Waals surface area contributed by atoms with E-state index in [4.69, 9.17) is 9.47 Å². The SMILES string of the molecule is CCO[C@@H](Cc1ccc(OC/C=C(\C)C#CC2(F)C=CC=C(F)C2)c(Br)c1)C(=O)O. The quantitative estimate of drug-likeness (QED) is 0.510. The van der Waals surface area contributed by atoms with Crippen LogP contribution in [0.3, 0.4) is 0 Å². The number of benzene rings is 1. The molecular formula is C23H23BrF2O4. The number of alkyl halides is 1. The molecule has 1 N–H and O–H groups in total. The van der Waals surface area contributed by atoms with E-state index in [9.17, 15) is 18.7 Å². The molecule has 0 heterocycles. The Morgan fingerprint density at radius 1 is 1.47 bits per heavy atom. The van der Waals surface area contributed by atoms with Crippen LogP contribution in [0.1, 0.15) is 25.8 Å².